The Hall–Kier alpha value is -4.44. The van der Waals surface area contributed by atoms with Crippen molar-refractivity contribution in [2.75, 3.05) is 49.3 Å². The second-order valence-electron chi connectivity index (χ2n) is 21.7. The van der Waals surface area contributed by atoms with Gasteiger partial charge in [0.1, 0.15) is 79.8 Å². The highest BCUT2D eigenvalue weighted by Gasteiger charge is 2.54. The summed E-state index contributed by atoms with van der Waals surface area (Å²) in [7, 11) is -8.29. The summed E-state index contributed by atoms with van der Waals surface area (Å²) >= 11 is 0. The molecule has 3 fully saturated rings. The maximum absolute atomic E-state index is 14.0. The van der Waals surface area contributed by atoms with E-state index in [0.717, 1.165) is 22.7 Å². The first kappa shape index (κ1) is 64.1. The molecule has 15 unspecified atom stereocenters. The fourth-order valence-electron chi connectivity index (χ4n) is 10.9. The van der Waals surface area contributed by atoms with E-state index in [1.807, 2.05) is 79.5 Å². The average molecular weight is 1180 g/mol. The molecule has 81 heavy (non-hydrogen) atoms. The minimum atomic E-state index is -4.21. The predicted molar refractivity (Wildman–Crippen MR) is 289 cm³/mol. The number of amides is 1. The number of carbonyl (C=O) groups excluding carboxylic acids is 1. The van der Waals surface area contributed by atoms with Gasteiger partial charge in [0, 0.05) is 53.0 Å². The highest BCUT2D eigenvalue weighted by atomic mass is 32.2. The van der Waals surface area contributed by atoms with Crippen molar-refractivity contribution >= 4 is 43.2 Å². The van der Waals surface area contributed by atoms with E-state index >= 15 is 0 Å². The predicted octanol–water partition coefficient (Wildman–Crippen LogP) is -1.07. The molecule has 0 spiro atoms. The average Bonchev–Trinajstić information content (AvgIpc) is 4.04. The van der Waals surface area contributed by atoms with Crippen molar-refractivity contribution in [3.05, 3.63) is 107 Å². The third kappa shape index (κ3) is 14.6. The lowest BCUT2D eigenvalue weighted by atomic mass is 9.81. The number of anilines is 1. The van der Waals surface area contributed by atoms with Crippen molar-refractivity contribution in [3.8, 4) is 0 Å². The zero-order chi connectivity index (χ0) is 59.4. The Balaban J connectivity index is 1.03. The number of ether oxygens (including phenoxy) is 5. The van der Waals surface area contributed by atoms with Gasteiger partial charge in [-0.25, -0.2) is 0 Å². The number of allylic oxidation sites excluding steroid dienone is 8. The van der Waals surface area contributed by atoms with Gasteiger partial charge in [-0.15, -0.1) is 0 Å². The second kappa shape index (κ2) is 26.6. The van der Waals surface area contributed by atoms with Crippen LogP contribution in [0.3, 0.4) is 0 Å². The van der Waals surface area contributed by atoms with Gasteiger partial charge in [0.15, 0.2) is 24.5 Å². The van der Waals surface area contributed by atoms with Gasteiger partial charge in [-0.1, -0.05) is 62.4 Å². The van der Waals surface area contributed by atoms with Crippen molar-refractivity contribution in [3.63, 3.8) is 0 Å². The number of carbonyl (C=O) groups is 1. The maximum atomic E-state index is 14.0. The Kier molecular flexibility index (Phi) is 21.1. The number of para-hydroxylation sites is 1. The van der Waals surface area contributed by atoms with E-state index in [4.69, 9.17) is 23.7 Å². The van der Waals surface area contributed by atoms with Crippen LogP contribution >= 0.6 is 0 Å². The first-order valence-corrected chi connectivity index (χ1v) is 29.8. The number of unbranched alkanes of at least 4 members (excludes halogenated alkanes) is 2. The number of aliphatic hydroxyl groups is 10. The first-order chi connectivity index (χ1) is 38.1. The molecular weight excluding hydrogens is 1110 g/mol. The Bertz CT molecular complexity index is 2910. The van der Waals surface area contributed by atoms with Crippen molar-refractivity contribution in [2.45, 2.75) is 156 Å². The summed E-state index contributed by atoms with van der Waals surface area (Å²) in [5.74, 6) is -1.52. The molecule has 0 radical (unpaired) electrons. The molecule has 25 nitrogen and oxygen atoms in total. The Labute approximate surface area is 469 Å². The number of fused-ring (bicyclic) bond motifs is 2. The highest BCUT2D eigenvalue weighted by molar-refractivity contribution is 7.86. The van der Waals surface area contributed by atoms with Crippen LogP contribution in [0.4, 0.5) is 11.4 Å². The number of rotatable bonds is 23. The topological polar surface area (TPSA) is 393 Å². The van der Waals surface area contributed by atoms with E-state index in [-0.39, 0.29) is 23.2 Å². The number of benzene rings is 2. The van der Waals surface area contributed by atoms with Gasteiger partial charge < -0.3 is 85.0 Å². The van der Waals surface area contributed by atoms with Crippen LogP contribution in [0.2, 0.25) is 0 Å². The van der Waals surface area contributed by atoms with Gasteiger partial charge in [0.2, 0.25) is 5.69 Å². The van der Waals surface area contributed by atoms with Crippen LogP contribution in [-0.2, 0) is 54.8 Å². The third-order valence-electron chi connectivity index (χ3n) is 15.4. The standard InChI is InChI=1S/C54H75N3O22S2/c1-53(2)31-16-10-11-17-33(31)56(22-12-14-24-80(69,70)71)38(53)18-8-6-5-7-9-19-39-54(3,4)32-26-30(20-21-34(32)57(39)23-13-15-25-81(72,73)74)49(68)55-50-44(65)42(63)47(36(28-59)75-50)78-52-46(67)43(64)48(37(29-60)77-52)79-51-45(66)41(62)40(61)35(27-58)76-51/h5-11,16-21,26,35-37,40-48,50-52,58-67H,12-15,22-25,27-29H2,1-4H3,(H2-,55,68,69,70,71,72,73,74)/p+1. The molecule has 27 heteroatoms. The molecule has 7 rings (SSSR count). The summed E-state index contributed by atoms with van der Waals surface area (Å²) in [6.07, 6.45) is -12.0. The fraction of sp³-hybridized carbons (Fsp3) is 0.593. The monoisotopic (exact) mass is 1180 g/mol. The minimum absolute atomic E-state index is 0.107. The number of nitrogens with zero attached hydrogens (tertiary/aromatic N) is 2. The molecule has 15 atom stereocenters. The maximum Gasteiger partial charge on any atom is 0.264 e. The molecule has 5 heterocycles. The molecule has 1 amide bonds. The van der Waals surface area contributed by atoms with Crippen LogP contribution in [0.15, 0.2) is 90.7 Å². The summed E-state index contributed by atoms with van der Waals surface area (Å²) in [6.45, 7) is 6.43. The van der Waals surface area contributed by atoms with Crippen LogP contribution < -0.4 is 10.2 Å². The summed E-state index contributed by atoms with van der Waals surface area (Å²) < 4.78 is 94.9. The smallest absolute Gasteiger partial charge is 0.264 e. The van der Waals surface area contributed by atoms with Crippen LogP contribution in [-0.4, -0.2) is 230 Å². The molecule has 0 aromatic heterocycles. The van der Waals surface area contributed by atoms with Gasteiger partial charge in [-0.3, -0.25) is 13.9 Å². The van der Waals surface area contributed by atoms with E-state index in [1.54, 1.807) is 12.1 Å². The largest absolute Gasteiger partial charge is 0.394 e. The quantitative estimate of drug-likeness (QED) is 0.0273. The number of nitrogens with one attached hydrogen (secondary N) is 1. The number of hydrogen-bond donors (Lipinski definition) is 13. The lowest BCUT2D eigenvalue weighted by molar-refractivity contribution is -0.438. The van der Waals surface area contributed by atoms with E-state index in [1.165, 1.54) is 6.07 Å². The number of aliphatic hydroxyl groups excluding tert-OH is 10. The Morgan fingerprint density at radius 1 is 0.642 bits per heavy atom. The van der Waals surface area contributed by atoms with E-state index in [0.29, 0.717) is 43.6 Å². The SMILES string of the molecule is CC1(C)C(=CC=CC=CC=CC2=[N+](CCCCS(=O)(=O)O)c3ccccc3C2(C)C)N(CCCCS(=O)(=O)O)c2ccc(C(=O)NC3OC(CO)C(OC4OC(CO)C(OC5OC(CO)C(O)C(O)C5O)C(O)C4O)C(O)C3O)cc21. The van der Waals surface area contributed by atoms with E-state index < -0.39 is 149 Å². The lowest BCUT2D eigenvalue weighted by Crippen LogP contribution is -2.67. The third-order valence-corrected chi connectivity index (χ3v) is 17.0. The highest BCUT2D eigenvalue weighted by Crippen LogP contribution is 2.48. The molecule has 450 valence electrons. The normalized spacial score (nSPS) is 32.8. The van der Waals surface area contributed by atoms with Gasteiger partial charge >= 0.3 is 0 Å². The molecule has 0 bridgehead atoms. The zero-order valence-corrected chi connectivity index (χ0v) is 46.8. The van der Waals surface area contributed by atoms with E-state index in [2.05, 4.69) is 29.8 Å². The molecule has 0 saturated carbocycles. The molecule has 3 saturated heterocycles. The van der Waals surface area contributed by atoms with E-state index in [9.17, 15) is 81.8 Å². The summed E-state index contributed by atoms with van der Waals surface area (Å²) in [5.41, 5.74) is 4.34. The fourth-order valence-corrected chi connectivity index (χ4v) is 12.1. The van der Waals surface area contributed by atoms with Crippen molar-refractivity contribution in [2.24, 2.45) is 0 Å². The molecule has 5 aliphatic rings. The van der Waals surface area contributed by atoms with Crippen LogP contribution in [0.25, 0.3) is 0 Å². The summed E-state index contributed by atoms with van der Waals surface area (Å²) in [6, 6.07) is 12.9. The molecule has 2 aromatic rings. The zero-order valence-electron chi connectivity index (χ0n) is 45.2. The van der Waals surface area contributed by atoms with Gasteiger partial charge in [0.25, 0.3) is 26.1 Å². The van der Waals surface area contributed by atoms with Gasteiger partial charge in [-0.05, 0) is 62.9 Å². The first-order valence-electron chi connectivity index (χ1n) is 26.6. The lowest BCUT2D eigenvalue weighted by Gasteiger charge is -2.48. The minimum Gasteiger partial charge on any atom is -0.394 e. The molecular formula is C54H76N3O22S2+. The van der Waals surface area contributed by atoms with Crippen molar-refractivity contribution in [1.82, 2.24) is 5.32 Å². The second-order valence-corrected chi connectivity index (χ2v) is 24.8. The molecule has 13 N–H and O–H groups in total. The van der Waals surface area contributed by atoms with Crippen LogP contribution in [0.5, 0.6) is 0 Å². The van der Waals surface area contributed by atoms with Gasteiger partial charge in [0.05, 0.1) is 36.7 Å². The van der Waals surface area contributed by atoms with Crippen LogP contribution in [0.1, 0.15) is 74.9 Å². The van der Waals surface area contributed by atoms with Crippen molar-refractivity contribution in [1.29, 1.82) is 0 Å². The Morgan fingerprint density at radius 2 is 1.20 bits per heavy atom. The summed E-state index contributed by atoms with van der Waals surface area (Å²) in [4.78, 5) is 16.0. The molecule has 5 aliphatic heterocycles. The molecule has 2 aromatic carbocycles. The van der Waals surface area contributed by atoms with Gasteiger partial charge in [-0.2, -0.15) is 21.4 Å². The molecule has 0 aliphatic carbocycles. The Morgan fingerprint density at radius 3 is 1.83 bits per heavy atom. The van der Waals surface area contributed by atoms with Crippen molar-refractivity contribution < 1.29 is 110 Å². The summed E-state index contributed by atoms with van der Waals surface area (Å²) in [5, 5.41) is 108. The van der Waals surface area contributed by atoms with Crippen LogP contribution in [0, 0.1) is 0 Å². The number of hydrogen-bond acceptors (Lipinski definition) is 21.